The van der Waals surface area contributed by atoms with Crippen LogP contribution >= 0.6 is 0 Å². The minimum absolute atomic E-state index is 0. The maximum absolute atomic E-state index is 8.49. The van der Waals surface area contributed by atoms with Crippen molar-refractivity contribution in [3.63, 3.8) is 0 Å². The van der Waals surface area contributed by atoms with E-state index >= 15 is 0 Å². The van der Waals surface area contributed by atoms with Crippen LogP contribution in [0.2, 0.25) is 0 Å². The van der Waals surface area contributed by atoms with Gasteiger partial charge in [0.15, 0.2) is 0 Å². The monoisotopic (exact) mass is 418 g/mol. The molecule has 0 saturated heterocycles. The summed E-state index contributed by atoms with van der Waals surface area (Å²) < 4.78 is 67.9. The molecule has 0 radical (unpaired) electrons. The van der Waals surface area contributed by atoms with Gasteiger partial charge < -0.3 is 5.48 Å². The van der Waals surface area contributed by atoms with Crippen molar-refractivity contribution in [2.24, 2.45) is 0 Å². The predicted octanol–water partition coefficient (Wildman–Crippen LogP) is -10.3. The first kappa shape index (κ1) is 23.2. The smallest absolute Gasteiger partial charge is 0.412 e. The Morgan fingerprint density at radius 3 is 0.500 bits per heavy atom. The summed E-state index contributed by atoms with van der Waals surface area (Å²) in [6, 6.07) is 0. The maximum Gasteiger partial charge on any atom is 2.00 e. The van der Waals surface area contributed by atoms with Crippen molar-refractivity contribution in [3.05, 3.63) is 0 Å². The molecule has 0 aliphatic carbocycles. The van der Waals surface area contributed by atoms with Crippen LogP contribution < -0.4 is 37.3 Å². The zero-order chi connectivity index (χ0) is 9.00. The van der Waals surface area contributed by atoms with Gasteiger partial charge in [0.2, 0.25) is 0 Å². The third kappa shape index (κ3) is 862. The molecule has 0 saturated carbocycles. The Morgan fingerprint density at radius 1 is 0.500 bits per heavy atom. The molecule has 0 aromatic carbocycles. The van der Waals surface area contributed by atoms with Gasteiger partial charge >= 0.3 is 27.7 Å². The van der Waals surface area contributed by atoms with Gasteiger partial charge in [-0.15, -0.1) is 20.5 Å². The minimum atomic E-state index is -4.94. The van der Waals surface area contributed by atoms with E-state index in [1.54, 1.807) is 0 Å². The van der Waals surface area contributed by atoms with Crippen molar-refractivity contribution in [2.75, 3.05) is 0 Å². The van der Waals surface area contributed by atoms with Crippen LogP contribution in [-0.2, 0) is 27.7 Å². The Bertz CT molecular complexity index is 55.5. The Hall–Kier alpha value is 1.16. The average Bonchev–Trinajstić information content (AvgIpc) is 1.12. The molecular weight excluding hydrogens is 415 g/mol. The van der Waals surface area contributed by atoms with E-state index < -0.39 is 20.5 Å². The van der Waals surface area contributed by atoms with Crippen LogP contribution in [0.15, 0.2) is 0 Å². The molecule has 0 amide bonds. The van der Waals surface area contributed by atoms with E-state index in [-0.39, 0.29) is 33.1 Å². The van der Waals surface area contributed by atoms with E-state index in [0.717, 1.165) is 0 Å². The molecule has 12 heteroatoms. The van der Waals surface area contributed by atoms with Gasteiger partial charge in [0.05, 0.1) is 0 Å². The average molecular weight is 418 g/mol. The van der Waals surface area contributed by atoms with Gasteiger partial charge in [-0.1, -0.05) is 0 Å². The van der Waals surface area contributed by atoms with Gasteiger partial charge in [-0.25, -0.2) is 37.3 Å². The SMILES string of the molecule is O.[Hg+2].[O-][Cl+3]([O-])([O-])[O-].[O-][Cl+3]([O-])([O-])[O-]. The molecule has 12 heavy (non-hydrogen) atoms. The van der Waals surface area contributed by atoms with Gasteiger partial charge in [0, 0.05) is 0 Å². The molecule has 0 atom stereocenters. The van der Waals surface area contributed by atoms with Crippen molar-refractivity contribution in [1.29, 1.82) is 0 Å². The van der Waals surface area contributed by atoms with Crippen molar-refractivity contribution in [3.8, 4) is 0 Å². The molecule has 9 nitrogen and oxygen atoms in total. The standard InChI is InChI=1S/2ClHO4.Hg.H2O/c2*2-1(3,4)5;;/h2*(H,2,3,4,5);;1H2/q;;+2;/p-2. The summed E-state index contributed by atoms with van der Waals surface area (Å²) in [7, 11) is -9.89. The zero-order valence-electron chi connectivity index (χ0n) is 5.23. The molecule has 0 rings (SSSR count). The molecule has 0 unspecified atom stereocenters. The Balaban J connectivity index is -0.0000000457. The molecule has 0 aromatic heterocycles. The fourth-order valence-electron chi connectivity index (χ4n) is 0. The second-order valence-electron chi connectivity index (χ2n) is 0.756. The summed E-state index contributed by atoms with van der Waals surface area (Å²) in [4.78, 5) is 0. The summed E-state index contributed by atoms with van der Waals surface area (Å²) in [6.45, 7) is 0. The van der Waals surface area contributed by atoms with Crippen LogP contribution in [0.3, 0.4) is 0 Å². The molecule has 0 bridgehead atoms. The number of halogens is 2. The third-order valence-corrected chi connectivity index (χ3v) is 0. The minimum Gasteiger partial charge on any atom is -0.412 e. The van der Waals surface area contributed by atoms with Gasteiger partial charge in [-0.3, -0.25) is 0 Å². The van der Waals surface area contributed by atoms with E-state index in [9.17, 15) is 0 Å². The number of hydrogen-bond acceptors (Lipinski definition) is 8. The third-order valence-electron chi connectivity index (χ3n) is 0. The van der Waals surface area contributed by atoms with E-state index in [2.05, 4.69) is 0 Å². The van der Waals surface area contributed by atoms with Crippen LogP contribution in [-0.4, -0.2) is 5.48 Å². The summed E-state index contributed by atoms with van der Waals surface area (Å²) in [6.07, 6.45) is 0. The zero-order valence-corrected chi connectivity index (χ0v) is 12.2. The molecule has 0 spiro atoms. The van der Waals surface area contributed by atoms with E-state index in [1.165, 1.54) is 0 Å². The first-order valence-corrected chi connectivity index (χ1v) is 3.70. The van der Waals surface area contributed by atoms with Gasteiger partial charge in [-0.2, -0.15) is 0 Å². The Labute approximate surface area is 90.8 Å². The van der Waals surface area contributed by atoms with Gasteiger partial charge in [-0.05, 0) is 0 Å². The first-order chi connectivity index (χ1) is 4.00. The molecule has 0 heterocycles. The summed E-state index contributed by atoms with van der Waals surface area (Å²) in [5.41, 5.74) is 0. The second kappa shape index (κ2) is 8.74. The molecule has 0 aliphatic heterocycles. The number of hydrogen-bond donors (Lipinski definition) is 0. The Kier molecular flexibility index (Phi) is 16.9. The van der Waals surface area contributed by atoms with Crippen molar-refractivity contribution >= 4 is 0 Å². The van der Waals surface area contributed by atoms with E-state index in [4.69, 9.17) is 37.3 Å². The summed E-state index contributed by atoms with van der Waals surface area (Å²) in [5, 5.41) is 0. The topological polar surface area (TPSA) is 216 Å². The molecule has 72 valence electrons. The normalized spacial score (nSPS) is 10.0. The number of rotatable bonds is 0. The van der Waals surface area contributed by atoms with Crippen LogP contribution in [0.5, 0.6) is 0 Å². The summed E-state index contributed by atoms with van der Waals surface area (Å²) in [5.74, 6) is 0. The van der Waals surface area contributed by atoms with Crippen LogP contribution in [0.1, 0.15) is 0 Å². The summed E-state index contributed by atoms with van der Waals surface area (Å²) >= 11 is 0. The van der Waals surface area contributed by atoms with E-state index in [1.807, 2.05) is 0 Å². The molecule has 2 N–H and O–H groups in total. The fourth-order valence-corrected chi connectivity index (χ4v) is 0. The van der Waals surface area contributed by atoms with Crippen LogP contribution in [0, 0.1) is 20.5 Å². The first-order valence-electron chi connectivity index (χ1n) is 1.23. The van der Waals surface area contributed by atoms with Crippen molar-refractivity contribution in [1.82, 2.24) is 0 Å². The molecule has 0 fully saturated rings. The maximum atomic E-state index is 8.49. The largest absolute Gasteiger partial charge is 2.00 e. The molecular formula is H2Cl2HgO9. The fraction of sp³-hybridized carbons (Fsp3) is 0. The molecule has 0 aliphatic rings. The van der Waals surface area contributed by atoms with Gasteiger partial charge in [0.1, 0.15) is 0 Å². The van der Waals surface area contributed by atoms with E-state index in [0.29, 0.717) is 0 Å². The van der Waals surface area contributed by atoms with Crippen molar-refractivity contribution in [2.45, 2.75) is 0 Å². The quantitative estimate of drug-likeness (QED) is 0.344. The van der Waals surface area contributed by atoms with Gasteiger partial charge in [0.25, 0.3) is 0 Å². The second-order valence-corrected chi connectivity index (χ2v) is 2.27. The Morgan fingerprint density at radius 2 is 0.500 bits per heavy atom. The molecule has 0 aromatic rings. The van der Waals surface area contributed by atoms with Crippen molar-refractivity contribution < 1.29 is 90.9 Å². The van der Waals surface area contributed by atoms with Crippen LogP contribution in [0.4, 0.5) is 0 Å². The van der Waals surface area contributed by atoms with Crippen LogP contribution in [0.25, 0.3) is 0 Å². The predicted molar refractivity (Wildman–Crippen MR) is 3.61 cm³/mol.